The molecule has 0 fully saturated rings. The van der Waals surface area contributed by atoms with Crippen molar-refractivity contribution in [3.05, 3.63) is 42.5 Å². The van der Waals surface area contributed by atoms with Crippen LogP contribution in [0.1, 0.15) is 24.2 Å². The molecule has 1 rings (SSSR count). The number of hydrogen-bond donors (Lipinski definition) is 0. The van der Waals surface area contributed by atoms with Gasteiger partial charge < -0.3 is 9.64 Å². The van der Waals surface area contributed by atoms with Crippen LogP contribution in [-0.4, -0.2) is 30.0 Å². The summed E-state index contributed by atoms with van der Waals surface area (Å²) in [5.41, 5.74) is 0.123. The number of rotatable bonds is 6. The van der Waals surface area contributed by atoms with Crippen LogP contribution in [0.5, 0.6) is 5.75 Å². The van der Waals surface area contributed by atoms with Crippen LogP contribution in [0.3, 0.4) is 0 Å². The monoisotopic (exact) mass is 269 g/mol. The molecular formula is C14H17F2NO2. The normalized spacial score (nSPS) is 10.6. The van der Waals surface area contributed by atoms with Gasteiger partial charge in [0.1, 0.15) is 5.75 Å². The van der Waals surface area contributed by atoms with E-state index in [1.165, 1.54) is 17.0 Å². The minimum atomic E-state index is -2.96. The molecule has 104 valence electrons. The molecule has 0 saturated carbocycles. The van der Waals surface area contributed by atoms with Crippen molar-refractivity contribution < 1.29 is 18.3 Å². The molecule has 0 atom stereocenters. The third-order valence-electron chi connectivity index (χ3n) is 2.54. The highest BCUT2D eigenvalue weighted by Gasteiger charge is 2.22. The summed E-state index contributed by atoms with van der Waals surface area (Å²) in [6, 6.07) is 5.91. The second kappa shape index (κ2) is 6.87. The van der Waals surface area contributed by atoms with Crippen LogP contribution in [0.2, 0.25) is 0 Å². The molecular weight excluding hydrogens is 252 g/mol. The molecule has 1 aromatic carbocycles. The SMILES string of the molecule is C=CCN(C(=O)c1ccccc1OC(F)F)C(C)C. The number of nitrogens with zero attached hydrogens (tertiary/aromatic N) is 1. The Morgan fingerprint density at radius 2 is 2.05 bits per heavy atom. The van der Waals surface area contributed by atoms with E-state index in [0.29, 0.717) is 6.54 Å². The van der Waals surface area contributed by atoms with Crippen LogP contribution in [0.25, 0.3) is 0 Å². The Labute approximate surface area is 111 Å². The van der Waals surface area contributed by atoms with E-state index in [0.717, 1.165) is 0 Å². The van der Waals surface area contributed by atoms with Crippen molar-refractivity contribution >= 4 is 5.91 Å². The number of amides is 1. The van der Waals surface area contributed by atoms with Gasteiger partial charge in [0, 0.05) is 12.6 Å². The minimum Gasteiger partial charge on any atom is -0.434 e. The summed E-state index contributed by atoms with van der Waals surface area (Å²) >= 11 is 0. The van der Waals surface area contributed by atoms with Gasteiger partial charge in [0.15, 0.2) is 0 Å². The van der Waals surface area contributed by atoms with Gasteiger partial charge in [-0.1, -0.05) is 18.2 Å². The second-order valence-corrected chi connectivity index (χ2v) is 4.21. The fourth-order valence-electron chi connectivity index (χ4n) is 1.66. The first-order valence-electron chi connectivity index (χ1n) is 5.93. The topological polar surface area (TPSA) is 29.5 Å². The van der Waals surface area contributed by atoms with E-state index in [1.54, 1.807) is 18.2 Å². The van der Waals surface area contributed by atoms with Crippen molar-refractivity contribution in [2.75, 3.05) is 6.54 Å². The Bertz CT molecular complexity index is 447. The molecule has 0 aromatic heterocycles. The molecule has 0 saturated heterocycles. The van der Waals surface area contributed by atoms with Crippen molar-refractivity contribution in [1.82, 2.24) is 4.90 Å². The average Bonchev–Trinajstić information content (AvgIpc) is 2.34. The third kappa shape index (κ3) is 4.05. The lowest BCUT2D eigenvalue weighted by molar-refractivity contribution is -0.0502. The smallest absolute Gasteiger partial charge is 0.387 e. The van der Waals surface area contributed by atoms with Crippen molar-refractivity contribution in [2.24, 2.45) is 0 Å². The minimum absolute atomic E-state index is 0.0647. The Hall–Kier alpha value is -1.91. The maximum Gasteiger partial charge on any atom is 0.387 e. The number of para-hydroxylation sites is 1. The van der Waals surface area contributed by atoms with Crippen molar-refractivity contribution in [1.29, 1.82) is 0 Å². The third-order valence-corrected chi connectivity index (χ3v) is 2.54. The first-order valence-corrected chi connectivity index (χ1v) is 5.93. The van der Waals surface area contributed by atoms with E-state index < -0.39 is 6.61 Å². The average molecular weight is 269 g/mol. The molecule has 1 amide bonds. The summed E-state index contributed by atoms with van der Waals surface area (Å²) in [7, 11) is 0. The van der Waals surface area contributed by atoms with Crippen LogP contribution in [0.15, 0.2) is 36.9 Å². The van der Waals surface area contributed by atoms with Gasteiger partial charge in [-0.3, -0.25) is 4.79 Å². The highest BCUT2D eigenvalue weighted by atomic mass is 19.3. The van der Waals surface area contributed by atoms with E-state index >= 15 is 0 Å². The van der Waals surface area contributed by atoms with E-state index in [4.69, 9.17) is 0 Å². The number of alkyl halides is 2. The first kappa shape index (κ1) is 15.1. The lowest BCUT2D eigenvalue weighted by atomic mass is 10.1. The number of halogens is 2. The number of hydrogen-bond acceptors (Lipinski definition) is 2. The van der Waals surface area contributed by atoms with Gasteiger partial charge in [0.25, 0.3) is 5.91 Å². The van der Waals surface area contributed by atoms with Gasteiger partial charge >= 0.3 is 6.61 Å². The molecule has 0 aliphatic carbocycles. The highest BCUT2D eigenvalue weighted by Crippen LogP contribution is 2.22. The van der Waals surface area contributed by atoms with Crippen LogP contribution in [0.4, 0.5) is 8.78 Å². The fraction of sp³-hybridized carbons (Fsp3) is 0.357. The molecule has 0 unspecified atom stereocenters. The number of ether oxygens (including phenoxy) is 1. The van der Waals surface area contributed by atoms with Gasteiger partial charge in [-0.15, -0.1) is 6.58 Å². The van der Waals surface area contributed by atoms with E-state index in [9.17, 15) is 13.6 Å². The predicted octanol–water partition coefficient (Wildman–Crippen LogP) is 3.32. The summed E-state index contributed by atoms with van der Waals surface area (Å²) in [5.74, 6) is -0.469. The molecule has 0 heterocycles. The molecule has 0 N–H and O–H groups in total. The predicted molar refractivity (Wildman–Crippen MR) is 69.4 cm³/mol. The van der Waals surface area contributed by atoms with Crippen molar-refractivity contribution in [3.8, 4) is 5.75 Å². The number of carbonyl (C=O) groups excluding carboxylic acids is 1. The van der Waals surface area contributed by atoms with Crippen molar-refractivity contribution in [2.45, 2.75) is 26.5 Å². The number of benzene rings is 1. The number of carbonyl (C=O) groups is 1. The Morgan fingerprint density at radius 1 is 1.42 bits per heavy atom. The quantitative estimate of drug-likeness (QED) is 0.741. The summed E-state index contributed by atoms with van der Waals surface area (Å²) in [6.07, 6.45) is 1.59. The second-order valence-electron chi connectivity index (χ2n) is 4.21. The maximum absolute atomic E-state index is 12.3. The summed E-state index contributed by atoms with van der Waals surface area (Å²) < 4.78 is 29.0. The fourth-order valence-corrected chi connectivity index (χ4v) is 1.66. The standard InChI is InChI=1S/C14H17F2NO2/c1-4-9-17(10(2)3)13(18)11-7-5-6-8-12(11)19-14(15)16/h4-8,10,14H,1,9H2,2-3H3. The molecule has 0 bridgehead atoms. The Morgan fingerprint density at radius 3 is 2.58 bits per heavy atom. The first-order chi connectivity index (χ1) is 8.97. The zero-order chi connectivity index (χ0) is 14.4. The van der Waals surface area contributed by atoms with Gasteiger partial charge in [-0.25, -0.2) is 0 Å². The zero-order valence-electron chi connectivity index (χ0n) is 11.0. The molecule has 19 heavy (non-hydrogen) atoms. The van der Waals surface area contributed by atoms with Crippen LogP contribution in [-0.2, 0) is 0 Å². The summed E-state index contributed by atoms with van der Waals surface area (Å²) in [4.78, 5) is 13.9. The summed E-state index contributed by atoms with van der Waals surface area (Å²) in [6.45, 7) is 4.66. The largest absolute Gasteiger partial charge is 0.434 e. The molecule has 1 aromatic rings. The molecule has 5 heteroatoms. The lowest BCUT2D eigenvalue weighted by Gasteiger charge is -2.26. The molecule has 0 aliphatic heterocycles. The van der Waals surface area contributed by atoms with Crippen LogP contribution >= 0.6 is 0 Å². The van der Waals surface area contributed by atoms with Gasteiger partial charge in [0.2, 0.25) is 0 Å². The zero-order valence-corrected chi connectivity index (χ0v) is 11.0. The van der Waals surface area contributed by atoms with E-state index in [1.807, 2.05) is 13.8 Å². The highest BCUT2D eigenvalue weighted by molar-refractivity contribution is 5.97. The van der Waals surface area contributed by atoms with Gasteiger partial charge in [-0.05, 0) is 26.0 Å². The molecule has 3 nitrogen and oxygen atoms in total. The van der Waals surface area contributed by atoms with Crippen LogP contribution in [0, 0.1) is 0 Å². The van der Waals surface area contributed by atoms with Gasteiger partial charge in [-0.2, -0.15) is 8.78 Å². The lowest BCUT2D eigenvalue weighted by Crippen LogP contribution is -2.37. The van der Waals surface area contributed by atoms with Gasteiger partial charge in [0.05, 0.1) is 5.56 Å². The van der Waals surface area contributed by atoms with Crippen molar-refractivity contribution in [3.63, 3.8) is 0 Å². The Kier molecular flexibility index (Phi) is 5.48. The van der Waals surface area contributed by atoms with Crippen LogP contribution < -0.4 is 4.74 Å². The summed E-state index contributed by atoms with van der Waals surface area (Å²) in [5, 5.41) is 0. The molecule has 0 aliphatic rings. The molecule has 0 radical (unpaired) electrons. The maximum atomic E-state index is 12.3. The molecule has 0 spiro atoms. The van der Waals surface area contributed by atoms with E-state index in [-0.39, 0.29) is 23.3 Å². The Balaban J connectivity index is 3.06. The van der Waals surface area contributed by atoms with E-state index in [2.05, 4.69) is 11.3 Å².